The first kappa shape index (κ1) is 23.7. The smallest absolute Gasteiger partial charge is 0.243 e. The zero-order valence-corrected chi connectivity index (χ0v) is 18.8. The number of halogens is 1. The van der Waals surface area contributed by atoms with E-state index in [0.717, 1.165) is 27.9 Å². The van der Waals surface area contributed by atoms with Crippen LogP contribution in [-0.2, 0) is 20.2 Å². The fourth-order valence-corrected chi connectivity index (χ4v) is 4.28. The van der Waals surface area contributed by atoms with Crippen molar-refractivity contribution in [1.29, 1.82) is 0 Å². The molecular formula is C22H29FN2O4S. The molecule has 0 aliphatic carbocycles. The molecule has 0 spiro atoms. The van der Waals surface area contributed by atoms with E-state index >= 15 is 0 Å². The van der Waals surface area contributed by atoms with Crippen LogP contribution in [0.25, 0.3) is 0 Å². The molecule has 0 aliphatic heterocycles. The highest BCUT2D eigenvalue weighted by Crippen LogP contribution is 2.30. The summed E-state index contributed by atoms with van der Waals surface area (Å²) in [5.41, 5.74) is 0.787. The molecule has 2 aromatic rings. The van der Waals surface area contributed by atoms with Crippen LogP contribution in [0.2, 0.25) is 0 Å². The van der Waals surface area contributed by atoms with E-state index in [9.17, 15) is 17.6 Å². The minimum Gasteiger partial charge on any atom is -0.491 e. The fourth-order valence-electron chi connectivity index (χ4n) is 3.11. The van der Waals surface area contributed by atoms with E-state index in [1.807, 2.05) is 24.3 Å². The maximum atomic E-state index is 14.2. The van der Waals surface area contributed by atoms with Gasteiger partial charge in [0.2, 0.25) is 15.9 Å². The molecule has 164 valence electrons. The molecule has 2 aromatic carbocycles. The molecule has 30 heavy (non-hydrogen) atoms. The van der Waals surface area contributed by atoms with Gasteiger partial charge in [-0.25, -0.2) is 12.8 Å². The number of carbonyl (C=O) groups excluding carboxylic acids is 1. The summed E-state index contributed by atoms with van der Waals surface area (Å²) in [5.74, 6) is -0.530. The molecule has 0 aliphatic rings. The molecule has 1 N–H and O–H groups in total. The van der Waals surface area contributed by atoms with Gasteiger partial charge in [0.25, 0.3) is 0 Å². The summed E-state index contributed by atoms with van der Waals surface area (Å²) in [6.07, 6.45) is 0.940. The SMILES string of the molecule is CC(C(=O)NCCOc1ccccc1C(C)(C)C)N(c1ccccc1F)S(C)(=O)=O. The van der Waals surface area contributed by atoms with Crippen molar-refractivity contribution in [3.05, 3.63) is 59.9 Å². The Labute approximate surface area is 178 Å². The Morgan fingerprint density at radius 2 is 1.73 bits per heavy atom. The van der Waals surface area contributed by atoms with Crippen LogP contribution in [0.15, 0.2) is 48.5 Å². The van der Waals surface area contributed by atoms with Gasteiger partial charge in [0.15, 0.2) is 0 Å². The van der Waals surface area contributed by atoms with Crippen LogP contribution in [0.5, 0.6) is 5.75 Å². The zero-order valence-electron chi connectivity index (χ0n) is 18.0. The third kappa shape index (κ3) is 5.95. The molecule has 1 unspecified atom stereocenters. The average molecular weight is 437 g/mol. The van der Waals surface area contributed by atoms with Gasteiger partial charge in [-0.15, -0.1) is 0 Å². The Balaban J connectivity index is 2.03. The Morgan fingerprint density at radius 3 is 2.33 bits per heavy atom. The van der Waals surface area contributed by atoms with Gasteiger partial charge >= 0.3 is 0 Å². The highest BCUT2D eigenvalue weighted by Gasteiger charge is 2.30. The van der Waals surface area contributed by atoms with Crippen molar-refractivity contribution in [2.24, 2.45) is 0 Å². The number of amides is 1. The van der Waals surface area contributed by atoms with Crippen LogP contribution in [0.3, 0.4) is 0 Å². The number of benzene rings is 2. The Bertz CT molecular complexity index is 987. The minimum atomic E-state index is -3.88. The minimum absolute atomic E-state index is 0.0932. The Kier molecular flexibility index (Phi) is 7.47. The van der Waals surface area contributed by atoms with Gasteiger partial charge in [-0.2, -0.15) is 0 Å². The van der Waals surface area contributed by atoms with Gasteiger partial charge in [-0.1, -0.05) is 51.1 Å². The second-order valence-electron chi connectivity index (χ2n) is 8.07. The van der Waals surface area contributed by atoms with Crippen molar-refractivity contribution in [1.82, 2.24) is 5.32 Å². The van der Waals surface area contributed by atoms with Crippen molar-refractivity contribution in [3.8, 4) is 5.75 Å². The van der Waals surface area contributed by atoms with Crippen LogP contribution in [-0.4, -0.2) is 39.8 Å². The van der Waals surface area contributed by atoms with Gasteiger partial charge in [0.05, 0.1) is 18.5 Å². The van der Waals surface area contributed by atoms with E-state index < -0.39 is 27.8 Å². The summed E-state index contributed by atoms with van der Waals surface area (Å²) in [4.78, 5) is 12.6. The molecule has 0 saturated carbocycles. The number of ether oxygens (including phenoxy) is 1. The van der Waals surface area contributed by atoms with Crippen LogP contribution in [0, 0.1) is 5.82 Å². The zero-order chi connectivity index (χ0) is 22.5. The van der Waals surface area contributed by atoms with Crippen molar-refractivity contribution >= 4 is 21.6 Å². The largest absolute Gasteiger partial charge is 0.491 e. The predicted octanol–water partition coefficient (Wildman–Crippen LogP) is 3.47. The molecule has 0 fully saturated rings. The molecule has 0 bridgehead atoms. The number of sulfonamides is 1. The molecule has 0 radical (unpaired) electrons. The van der Waals surface area contributed by atoms with E-state index in [-0.39, 0.29) is 24.3 Å². The van der Waals surface area contributed by atoms with Crippen LogP contribution in [0.1, 0.15) is 33.3 Å². The number of nitrogens with zero attached hydrogens (tertiary/aromatic N) is 1. The van der Waals surface area contributed by atoms with Gasteiger partial charge in [0, 0.05) is 0 Å². The summed E-state index contributed by atoms with van der Waals surface area (Å²) in [7, 11) is -3.88. The molecule has 1 atom stereocenters. The molecule has 0 heterocycles. The summed E-state index contributed by atoms with van der Waals surface area (Å²) < 4.78 is 45.2. The first-order chi connectivity index (χ1) is 13.9. The highest BCUT2D eigenvalue weighted by atomic mass is 32.2. The normalized spacial score (nSPS) is 12.9. The third-order valence-electron chi connectivity index (χ3n) is 4.53. The lowest BCUT2D eigenvalue weighted by Crippen LogP contribution is -2.48. The van der Waals surface area contributed by atoms with Crippen molar-refractivity contribution in [2.75, 3.05) is 23.7 Å². The maximum absolute atomic E-state index is 14.2. The summed E-state index contributed by atoms with van der Waals surface area (Å²) in [5, 5.41) is 2.66. The standard InChI is InChI=1S/C22H29FN2O4S/c1-16(25(30(5,27)28)19-12-8-7-11-18(19)23)21(26)24-14-15-29-20-13-9-6-10-17(20)22(2,3)4/h6-13,16H,14-15H2,1-5H3,(H,24,26). The molecular weight excluding hydrogens is 407 g/mol. The molecule has 6 nitrogen and oxygen atoms in total. The third-order valence-corrected chi connectivity index (χ3v) is 5.76. The van der Waals surface area contributed by atoms with Gasteiger partial charge in [-0.05, 0) is 36.1 Å². The van der Waals surface area contributed by atoms with Crippen molar-refractivity contribution < 1.29 is 22.3 Å². The van der Waals surface area contributed by atoms with Crippen LogP contribution in [0.4, 0.5) is 10.1 Å². The molecule has 0 saturated heterocycles. The maximum Gasteiger partial charge on any atom is 0.243 e. The molecule has 2 rings (SSSR count). The van der Waals surface area contributed by atoms with E-state index in [2.05, 4.69) is 26.1 Å². The Morgan fingerprint density at radius 1 is 1.13 bits per heavy atom. The average Bonchev–Trinajstić information content (AvgIpc) is 2.65. The lowest BCUT2D eigenvalue weighted by Gasteiger charge is -2.28. The lowest BCUT2D eigenvalue weighted by atomic mass is 9.86. The van der Waals surface area contributed by atoms with Gasteiger partial charge in [0.1, 0.15) is 24.2 Å². The number of rotatable bonds is 8. The number of anilines is 1. The summed E-state index contributed by atoms with van der Waals surface area (Å²) >= 11 is 0. The number of hydrogen-bond donors (Lipinski definition) is 1. The number of carbonyl (C=O) groups is 1. The van der Waals surface area contributed by atoms with E-state index in [0.29, 0.717) is 0 Å². The highest BCUT2D eigenvalue weighted by molar-refractivity contribution is 7.92. The topological polar surface area (TPSA) is 75.7 Å². The lowest BCUT2D eigenvalue weighted by molar-refractivity contribution is -0.121. The van der Waals surface area contributed by atoms with E-state index in [4.69, 9.17) is 4.74 Å². The number of hydrogen-bond acceptors (Lipinski definition) is 4. The fraction of sp³-hybridized carbons (Fsp3) is 0.409. The quantitative estimate of drug-likeness (QED) is 0.643. The second-order valence-corrected chi connectivity index (χ2v) is 9.93. The van der Waals surface area contributed by atoms with Crippen molar-refractivity contribution in [3.63, 3.8) is 0 Å². The predicted molar refractivity (Wildman–Crippen MR) is 117 cm³/mol. The molecule has 8 heteroatoms. The van der Waals surface area contributed by atoms with Crippen molar-refractivity contribution in [2.45, 2.75) is 39.2 Å². The summed E-state index contributed by atoms with van der Waals surface area (Å²) in [6.45, 7) is 8.06. The first-order valence-electron chi connectivity index (χ1n) is 9.67. The van der Waals surface area contributed by atoms with E-state index in [1.54, 1.807) is 0 Å². The number of para-hydroxylation sites is 2. The Hall–Kier alpha value is -2.61. The van der Waals surface area contributed by atoms with E-state index in [1.165, 1.54) is 25.1 Å². The molecule has 1 amide bonds. The van der Waals surface area contributed by atoms with Crippen LogP contribution < -0.4 is 14.4 Å². The van der Waals surface area contributed by atoms with Gasteiger partial charge < -0.3 is 10.1 Å². The first-order valence-corrected chi connectivity index (χ1v) is 11.5. The number of nitrogens with one attached hydrogen (secondary N) is 1. The van der Waals surface area contributed by atoms with Gasteiger partial charge in [-0.3, -0.25) is 9.10 Å². The second kappa shape index (κ2) is 9.47. The summed E-state index contributed by atoms with van der Waals surface area (Å²) in [6, 6.07) is 12.0. The van der Waals surface area contributed by atoms with Crippen LogP contribution >= 0.6 is 0 Å². The molecule has 0 aromatic heterocycles. The monoisotopic (exact) mass is 436 g/mol.